The maximum absolute atomic E-state index is 12.3. The molecule has 3 aliphatic rings. The molecule has 5 atom stereocenters. The average Bonchev–Trinajstić information content (AvgIpc) is 2.56. The number of allylic oxidation sites excluding steroid dienone is 5. The van der Waals surface area contributed by atoms with E-state index in [1.165, 1.54) is 0 Å². The number of fused-ring (bicyclic) bond motifs is 3. The largest absolute Gasteiger partial charge is 0.299 e. The van der Waals surface area contributed by atoms with E-state index in [0.29, 0.717) is 30.0 Å². The summed E-state index contributed by atoms with van der Waals surface area (Å²) >= 11 is 0. The fraction of sp³-hybridized carbons (Fsp3) is 0.619. The number of Topliss-reactive ketones (excluding diaryl/α,β-unsaturated/α-hetero) is 1. The molecule has 23 heavy (non-hydrogen) atoms. The second kappa shape index (κ2) is 5.89. The Labute approximate surface area is 139 Å². The standard InChI is InChI=1S/C21H28O2/c1-13-6-8-20(23)14(2)5-7-18-17(13)11-15(3)19-12-16(22)9-10-21(18,19)4/h9-10,12-14,17-18H,3,5-8,11H2,1-2,4H3/t13?,14-,17?,18?,21+/m0/s1. The van der Waals surface area contributed by atoms with E-state index in [9.17, 15) is 9.59 Å². The first-order chi connectivity index (χ1) is 10.8. The van der Waals surface area contributed by atoms with Gasteiger partial charge in [0, 0.05) is 17.8 Å². The molecule has 2 saturated carbocycles. The number of ketones is 2. The van der Waals surface area contributed by atoms with Crippen molar-refractivity contribution in [3.8, 4) is 0 Å². The first kappa shape index (κ1) is 16.4. The maximum atomic E-state index is 12.3. The Bertz CT molecular complexity index is 609. The van der Waals surface area contributed by atoms with E-state index in [2.05, 4.69) is 33.4 Å². The second-order valence-corrected chi connectivity index (χ2v) is 8.12. The van der Waals surface area contributed by atoms with E-state index in [4.69, 9.17) is 0 Å². The quantitative estimate of drug-likeness (QED) is 0.651. The summed E-state index contributed by atoms with van der Waals surface area (Å²) in [5, 5.41) is 0. The van der Waals surface area contributed by atoms with Crippen molar-refractivity contribution in [3.63, 3.8) is 0 Å². The molecule has 0 saturated heterocycles. The van der Waals surface area contributed by atoms with Crippen molar-refractivity contribution in [3.05, 3.63) is 36.0 Å². The van der Waals surface area contributed by atoms with Crippen LogP contribution in [0.4, 0.5) is 0 Å². The molecule has 2 heteroatoms. The molecule has 3 aliphatic carbocycles. The van der Waals surface area contributed by atoms with E-state index < -0.39 is 0 Å². The van der Waals surface area contributed by atoms with E-state index in [0.717, 1.165) is 36.8 Å². The van der Waals surface area contributed by atoms with Crippen LogP contribution in [-0.4, -0.2) is 11.6 Å². The van der Waals surface area contributed by atoms with Gasteiger partial charge in [0.2, 0.25) is 0 Å². The second-order valence-electron chi connectivity index (χ2n) is 8.12. The Balaban J connectivity index is 2.01. The van der Waals surface area contributed by atoms with Crippen LogP contribution in [0.3, 0.4) is 0 Å². The molecule has 0 spiro atoms. The van der Waals surface area contributed by atoms with Crippen LogP contribution in [0.1, 0.15) is 52.9 Å². The van der Waals surface area contributed by atoms with Gasteiger partial charge >= 0.3 is 0 Å². The van der Waals surface area contributed by atoms with Crippen LogP contribution in [-0.2, 0) is 9.59 Å². The number of carbonyl (C=O) groups excluding carboxylic acids is 2. The SMILES string of the molecule is C=C1CC2C(C)CCC(=O)[C@@H](C)CCC2[C@@]2(C)C=CC(=O)C=C12. The van der Waals surface area contributed by atoms with Crippen molar-refractivity contribution in [2.24, 2.45) is 29.1 Å². The van der Waals surface area contributed by atoms with Gasteiger partial charge in [-0.25, -0.2) is 0 Å². The summed E-state index contributed by atoms with van der Waals surface area (Å²) in [6.45, 7) is 10.9. The molecule has 0 aromatic rings. The molecule has 0 amide bonds. The molecule has 0 aliphatic heterocycles. The molecular formula is C21H28O2. The smallest absolute Gasteiger partial charge is 0.178 e. The Kier molecular flexibility index (Phi) is 4.20. The third-order valence-electron chi connectivity index (χ3n) is 6.65. The van der Waals surface area contributed by atoms with Gasteiger partial charge in [0.1, 0.15) is 5.78 Å². The first-order valence-electron chi connectivity index (χ1n) is 8.99. The topological polar surface area (TPSA) is 34.1 Å². The Morgan fingerprint density at radius 1 is 1.17 bits per heavy atom. The van der Waals surface area contributed by atoms with E-state index in [-0.39, 0.29) is 17.1 Å². The summed E-state index contributed by atoms with van der Waals surface area (Å²) < 4.78 is 0. The van der Waals surface area contributed by atoms with Crippen LogP contribution in [0.25, 0.3) is 0 Å². The summed E-state index contributed by atoms with van der Waals surface area (Å²) in [5.41, 5.74) is 2.16. The fourth-order valence-corrected chi connectivity index (χ4v) is 5.01. The zero-order valence-corrected chi connectivity index (χ0v) is 14.6. The third-order valence-corrected chi connectivity index (χ3v) is 6.65. The maximum Gasteiger partial charge on any atom is 0.178 e. The highest BCUT2D eigenvalue weighted by molar-refractivity contribution is 6.01. The molecule has 2 fully saturated rings. The lowest BCUT2D eigenvalue weighted by Crippen LogP contribution is -2.42. The molecule has 0 bridgehead atoms. The van der Waals surface area contributed by atoms with Crippen molar-refractivity contribution >= 4 is 11.6 Å². The van der Waals surface area contributed by atoms with Crippen molar-refractivity contribution in [2.45, 2.75) is 52.9 Å². The van der Waals surface area contributed by atoms with Crippen molar-refractivity contribution in [2.75, 3.05) is 0 Å². The zero-order chi connectivity index (χ0) is 16.8. The normalized spacial score (nSPS) is 41.3. The summed E-state index contributed by atoms with van der Waals surface area (Å²) in [6.07, 6.45) is 10.3. The van der Waals surface area contributed by atoms with E-state index in [1.54, 1.807) is 12.2 Å². The fourth-order valence-electron chi connectivity index (χ4n) is 5.01. The zero-order valence-electron chi connectivity index (χ0n) is 14.6. The van der Waals surface area contributed by atoms with Crippen LogP contribution >= 0.6 is 0 Å². The lowest BCUT2D eigenvalue weighted by molar-refractivity contribution is -0.122. The molecule has 0 aromatic carbocycles. The van der Waals surface area contributed by atoms with Crippen molar-refractivity contribution in [1.82, 2.24) is 0 Å². The van der Waals surface area contributed by atoms with Crippen LogP contribution in [0.5, 0.6) is 0 Å². The van der Waals surface area contributed by atoms with Crippen molar-refractivity contribution < 1.29 is 9.59 Å². The van der Waals surface area contributed by atoms with Gasteiger partial charge in [0.05, 0.1) is 0 Å². The Morgan fingerprint density at radius 2 is 1.91 bits per heavy atom. The van der Waals surface area contributed by atoms with Crippen LogP contribution in [0.2, 0.25) is 0 Å². The predicted octanol–water partition coefficient (Wildman–Crippen LogP) is 4.67. The molecule has 124 valence electrons. The van der Waals surface area contributed by atoms with Gasteiger partial charge < -0.3 is 0 Å². The number of carbonyl (C=O) groups is 2. The highest BCUT2D eigenvalue weighted by atomic mass is 16.1. The average molecular weight is 312 g/mol. The van der Waals surface area contributed by atoms with Gasteiger partial charge in [-0.2, -0.15) is 0 Å². The molecule has 0 aromatic heterocycles. The minimum Gasteiger partial charge on any atom is -0.299 e. The van der Waals surface area contributed by atoms with Gasteiger partial charge in [0.25, 0.3) is 0 Å². The van der Waals surface area contributed by atoms with Gasteiger partial charge in [-0.15, -0.1) is 0 Å². The van der Waals surface area contributed by atoms with Crippen LogP contribution in [0.15, 0.2) is 36.0 Å². The monoisotopic (exact) mass is 312 g/mol. The lowest BCUT2D eigenvalue weighted by atomic mass is 9.54. The minimum atomic E-state index is -0.102. The van der Waals surface area contributed by atoms with Gasteiger partial charge in [-0.05, 0) is 61.2 Å². The van der Waals surface area contributed by atoms with E-state index >= 15 is 0 Å². The van der Waals surface area contributed by atoms with E-state index in [1.807, 2.05) is 0 Å². The number of hydrogen-bond donors (Lipinski definition) is 0. The third kappa shape index (κ3) is 2.77. The van der Waals surface area contributed by atoms with Gasteiger partial charge in [0.15, 0.2) is 5.78 Å². The summed E-state index contributed by atoms with van der Waals surface area (Å²) in [4.78, 5) is 24.1. The minimum absolute atomic E-state index is 0.0803. The summed E-state index contributed by atoms with van der Waals surface area (Å²) in [6, 6.07) is 0. The molecule has 3 rings (SSSR count). The van der Waals surface area contributed by atoms with Crippen LogP contribution < -0.4 is 0 Å². The lowest BCUT2D eigenvalue weighted by Gasteiger charge is -2.50. The highest BCUT2D eigenvalue weighted by Gasteiger charge is 2.48. The molecule has 0 radical (unpaired) electrons. The first-order valence-corrected chi connectivity index (χ1v) is 8.99. The molecular weight excluding hydrogens is 284 g/mol. The predicted molar refractivity (Wildman–Crippen MR) is 92.9 cm³/mol. The van der Waals surface area contributed by atoms with Gasteiger partial charge in [-0.3, -0.25) is 9.59 Å². The Hall–Kier alpha value is -1.44. The number of hydrogen-bond acceptors (Lipinski definition) is 2. The number of rotatable bonds is 0. The van der Waals surface area contributed by atoms with Crippen molar-refractivity contribution in [1.29, 1.82) is 0 Å². The van der Waals surface area contributed by atoms with Gasteiger partial charge in [-0.1, -0.05) is 39.0 Å². The van der Waals surface area contributed by atoms with Crippen LogP contribution in [0, 0.1) is 29.1 Å². The summed E-state index contributed by atoms with van der Waals surface area (Å²) in [7, 11) is 0. The molecule has 3 unspecified atom stereocenters. The Morgan fingerprint density at radius 3 is 2.65 bits per heavy atom. The molecule has 2 nitrogen and oxygen atoms in total. The highest BCUT2D eigenvalue weighted by Crippen LogP contribution is 2.56. The molecule has 0 heterocycles. The molecule has 0 N–H and O–H groups in total. The summed E-state index contributed by atoms with van der Waals surface area (Å²) in [5.74, 6) is 2.24.